The Kier molecular flexibility index (Phi) is 27.3. The van der Waals surface area contributed by atoms with Gasteiger partial charge in [0.15, 0.2) is 18.3 Å². The number of β-amino-alcohol motifs (C(OH)–C–C–N with tert-alkyl or cyclic N) is 1. The highest BCUT2D eigenvalue weighted by atomic mass is 16.6. The average molecular weight is 1020 g/mol. The van der Waals surface area contributed by atoms with E-state index in [-0.39, 0.29) is 92.8 Å². The van der Waals surface area contributed by atoms with Crippen LogP contribution in [-0.2, 0) is 38.2 Å². The number of nitrogens with zero attached hydrogens (tertiary/aromatic N) is 1. The molecule has 3 heterocycles. The van der Waals surface area contributed by atoms with Crippen molar-refractivity contribution in [3.63, 3.8) is 0 Å². The van der Waals surface area contributed by atoms with Crippen LogP contribution in [0, 0.1) is 0 Å². The average Bonchev–Trinajstić information content (AvgIpc) is 3.74. The van der Waals surface area contributed by atoms with Crippen molar-refractivity contribution in [3.05, 3.63) is 0 Å². The molecule has 0 saturated carbocycles. The Morgan fingerprint density at radius 2 is 1.10 bits per heavy atom. The zero-order chi connectivity index (χ0) is 52.5. The van der Waals surface area contributed by atoms with Crippen molar-refractivity contribution < 1.29 is 58.4 Å². The summed E-state index contributed by atoms with van der Waals surface area (Å²) in [6, 6.07) is -5.05. The maximum Gasteiger partial charge on any atom is 0.404 e. The minimum atomic E-state index is -1.66. The number of aliphatic hydroxyl groups excluding tert-OH is 3. The molecule has 3 aliphatic rings. The van der Waals surface area contributed by atoms with Gasteiger partial charge in [-0.05, 0) is 70.8 Å². The van der Waals surface area contributed by atoms with Crippen LogP contribution in [0.2, 0.25) is 0 Å². The first-order valence-corrected chi connectivity index (χ1v) is 24.6. The Morgan fingerprint density at radius 1 is 0.676 bits per heavy atom. The van der Waals surface area contributed by atoms with Gasteiger partial charge in [-0.3, -0.25) is 28.8 Å². The number of nitrogens with two attached hydrogens (primary N) is 7. The molecule has 0 spiro atoms. The fourth-order valence-electron chi connectivity index (χ4n) is 8.32. The molecular weight excluding hydrogens is 933 g/mol. The number of carbonyl (C=O) groups is 7. The van der Waals surface area contributed by atoms with Crippen molar-refractivity contribution in [1.29, 1.82) is 0 Å². The normalized spacial score (nSPS) is 25.4. The van der Waals surface area contributed by atoms with Gasteiger partial charge in [0.1, 0.15) is 24.3 Å². The van der Waals surface area contributed by atoms with Gasteiger partial charge in [-0.25, -0.2) is 9.79 Å². The number of primary amides is 1. The number of aliphatic imine (C=N–C) groups is 1. The van der Waals surface area contributed by atoms with E-state index < -0.39 is 85.5 Å². The molecule has 0 bridgehead atoms. The number of rotatable bonds is 33. The number of ether oxygens (including phenoxy) is 2. The minimum Gasteiger partial charge on any atom is -0.441 e. The van der Waals surface area contributed by atoms with E-state index in [9.17, 15) is 48.9 Å². The lowest BCUT2D eigenvalue weighted by Gasteiger charge is -2.42. The van der Waals surface area contributed by atoms with Crippen LogP contribution in [0.25, 0.3) is 0 Å². The number of aliphatic hydroxyl groups is 3. The van der Waals surface area contributed by atoms with Gasteiger partial charge in [0.05, 0.1) is 18.8 Å². The molecule has 71 heavy (non-hydrogen) atoms. The molecule has 0 radical (unpaired) electrons. The lowest BCUT2D eigenvalue weighted by atomic mass is 9.95. The molecule has 7 amide bonds. The van der Waals surface area contributed by atoms with E-state index in [1.165, 1.54) is 0 Å². The highest BCUT2D eigenvalue weighted by Gasteiger charge is 2.49. The summed E-state index contributed by atoms with van der Waals surface area (Å²) in [5, 5.41) is 53.6. The van der Waals surface area contributed by atoms with Gasteiger partial charge >= 0.3 is 6.09 Å². The summed E-state index contributed by atoms with van der Waals surface area (Å²) in [6.45, 7) is 1.28. The highest BCUT2D eigenvalue weighted by Crippen LogP contribution is 2.26. The van der Waals surface area contributed by atoms with Gasteiger partial charge < -0.3 is 107 Å². The van der Waals surface area contributed by atoms with Crippen LogP contribution in [0.4, 0.5) is 4.79 Å². The fraction of sp³-hybridized carbons (Fsp3) is 0.814. The van der Waals surface area contributed by atoms with Crippen LogP contribution >= 0.6 is 0 Å². The van der Waals surface area contributed by atoms with Crippen LogP contribution < -0.4 is 82.7 Å². The smallest absolute Gasteiger partial charge is 0.404 e. The predicted octanol–water partition coefficient (Wildman–Crippen LogP) is -7.30. The largest absolute Gasteiger partial charge is 0.441 e. The Labute approximate surface area is 413 Å². The zero-order valence-electron chi connectivity index (χ0n) is 40.6. The standard InChI is InChI=1S/C43H82N16O12/c44-11-1-6-23(45)16-30(62)51-12-2-7-24(46)17-31(63)52-13-3-8-25(47)18-32(64)53-14-4-9-26(48)19-33(65)54-15-5-10-27(49)20-34(66)56-37-38(67)39(71-42(50)69)29(22-60)70-41(37)59-43-57-35-28(61)21-55-40(68)36(35)58-43/h23-29,35-39,41,60-61,67H,1-22,44-49H2,(H2,50,69)(H,51,62)(H,52,63)(H,53,64)(H,54,65)(H,55,68)(H,56,66)(H2,57,58,59)/t23?,24?,25?,26?,27?,28-,29-,35-,36+,37-,38+,39+,41-/m1/s1. The van der Waals surface area contributed by atoms with Crippen LogP contribution in [0.1, 0.15) is 96.3 Å². The molecule has 0 aromatic carbocycles. The maximum absolute atomic E-state index is 13.2. The third-order valence-corrected chi connectivity index (χ3v) is 12.2. The number of guanidine groups is 1. The maximum atomic E-state index is 13.2. The Bertz CT molecular complexity index is 1740. The first-order valence-electron chi connectivity index (χ1n) is 24.6. The summed E-state index contributed by atoms with van der Waals surface area (Å²) in [5.74, 6) is -1.79. The molecule has 3 aliphatic heterocycles. The van der Waals surface area contributed by atoms with Crippen molar-refractivity contribution in [2.75, 3.05) is 45.9 Å². The van der Waals surface area contributed by atoms with Crippen molar-refractivity contribution >= 4 is 47.5 Å². The number of hydrogen-bond donors (Lipinski definition) is 18. The second-order valence-corrected chi connectivity index (χ2v) is 18.5. The summed E-state index contributed by atoms with van der Waals surface area (Å²) in [5.41, 5.74) is 41.2. The summed E-state index contributed by atoms with van der Waals surface area (Å²) in [4.78, 5) is 90.7. The molecule has 28 nitrogen and oxygen atoms in total. The molecule has 13 atom stereocenters. The molecule has 0 aromatic rings. The van der Waals surface area contributed by atoms with Crippen molar-refractivity contribution in [3.8, 4) is 0 Å². The van der Waals surface area contributed by atoms with Crippen LogP contribution in [0.15, 0.2) is 4.99 Å². The van der Waals surface area contributed by atoms with Crippen LogP contribution in [0.3, 0.4) is 0 Å². The Hall–Kier alpha value is -5.04. The number of carbonyl (C=O) groups excluding carboxylic acids is 7. The number of amides is 7. The molecule has 3 fully saturated rings. The summed E-state index contributed by atoms with van der Waals surface area (Å²) in [7, 11) is 0. The molecule has 5 unspecified atom stereocenters. The zero-order valence-corrected chi connectivity index (χ0v) is 40.6. The molecule has 3 rings (SSSR count). The van der Waals surface area contributed by atoms with Gasteiger partial charge in [-0.15, -0.1) is 0 Å². The van der Waals surface area contributed by atoms with E-state index in [1.807, 2.05) is 0 Å². The SMILES string of the molecule is NCCCC(N)CC(=O)NCCCC(N)CC(=O)NCCCC(N)CC(=O)NCCCC(N)CC(=O)NCCCC(N)CC(=O)N[C@@H]1[C@H](O)[C@@H](OC(N)=O)[C@@H](CO)O[C@H]1/N=C1\N[C@@H]2[C@H](O)CNC(=O)[C@H]2N1. The first-order chi connectivity index (χ1) is 33.8. The van der Waals surface area contributed by atoms with E-state index in [2.05, 4.69) is 47.5 Å². The second-order valence-electron chi connectivity index (χ2n) is 18.5. The molecule has 3 saturated heterocycles. The number of fused-ring (bicyclic) bond motifs is 1. The Balaban J connectivity index is 1.25. The van der Waals surface area contributed by atoms with E-state index in [0.29, 0.717) is 84.0 Å². The van der Waals surface area contributed by atoms with Gasteiger partial charge in [-0.2, -0.15) is 0 Å². The van der Waals surface area contributed by atoms with E-state index in [4.69, 9.17) is 49.6 Å². The van der Waals surface area contributed by atoms with Crippen molar-refractivity contribution in [1.82, 2.24) is 42.5 Å². The predicted molar refractivity (Wildman–Crippen MR) is 259 cm³/mol. The third kappa shape index (κ3) is 22.9. The van der Waals surface area contributed by atoms with Gasteiger partial charge in [-0.1, -0.05) is 0 Å². The topological polar surface area (TPSA) is 489 Å². The second kappa shape index (κ2) is 32.1. The van der Waals surface area contributed by atoms with Crippen molar-refractivity contribution in [2.45, 2.75) is 175 Å². The number of nitrogens with one attached hydrogen (secondary N) is 8. The lowest BCUT2D eigenvalue weighted by Crippen LogP contribution is -2.65. The molecule has 406 valence electrons. The monoisotopic (exact) mass is 1010 g/mol. The summed E-state index contributed by atoms with van der Waals surface area (Å²) < 4.78 is 10.8. The summed E-state index contributed by atoms with van der Waals surface area (Å²) >= 11 is 0. The molecular formula is C43H82N16O12. The molecule has 28 heteroatoms. The highest BCUT2D eigenvalue weighted by molar-refractivity contribution is 5.94. The quantitative estimate of drug-likeness (QED) is 0.0272. The van der Waals surface area contributed by atoms with Gasteiger partial charge in [0.25, 0.3) is 0 Å². The minimum absolute atomic E-state index is 0.0105. The van der Waals surface area contributed by atoms with Crippen molar-refractivity contribution in [2.24, 2.45) is 45.1 Å². The Morgan fingerprint density at radius 3 is 1.49 bits per heavy atom. The van der Waals surface area contributed by atoms with Gasteiger partial charge in [0.2, 0.25) is 35.4 Å². The number of piperidine rings is 1. The molecule has 25 N–H and O–H groups in total. The fourth-order valence-corrected chi connectivity index (χ4v) is 8.32. The van der Waals surface area contributed by atoms with E-state index >= 15 is 0 Å². The number of hydrogen-bond acceptors (Lipinski definition) is 19. The first kappa shape index (κ1) is 60.3. The van der Waals surface area contributed by atoms with Crippen LogP contribution in [0.5, 0.6) is 0 Å². The van der Waals surface area contributed by atoms with Crippen LogP contribution in [-0.4, -0.2) is 188 Å². The molecule has 0 aliphatic carbocycles. The summed E-state index contributed by atoms with van der Waals surface area (Å²) in [6.07, 6.45) is -2.17. The third-order valence-electron chi connectivity index (χ3n) is 12.2. The molecule has 0 aromatic heterocycles. The van der Waals surface area contributed by atoms with E-state index in [1.54, 1.807) is 0 Å². The van der Waals surface area contributed by atoms with E-state index in [0.717, 1.165) is 6.42 Å². The van der Waals surface area contributed by atoms with Gasteiger partial charge in [0, 0.05) is 95.0 Å². The lowest BCUT2D eigenvalue weighted by molar-refractivity contribution is -0.192.